The summed E-state index contributed by atoms with van der Waals surface area (Å²) in [5.41, 5.74) is 0. The number of sulfonamides is 1. The fourth-order valence-electron chi connectivity index (χ4n) is 1.42. The molecule has 0 saturated carbocycles. The minimum atomic E-state index is -3.72. The number of rotatable bonds is 4. The topological polar surface area (TPSA) is 84.0 Å². The maximum Gasteiger partial charge on any atom is 0.266 e. The van der Waals surface area contributed by atoms with E-state index in [1.54, 1.807) is 25.2 Å². The monoisotopic (exact) mass is 342 g/mol. The molecular formula is C11H11BrN4O2S. The van der Waals surface area contributed by atoms with Crippen LogP contribution >= 0.6 is 15.9 Å². The van der Waals surface area contributed by atoms with Crippen molar-refractivity contribution < 1.29 is 8.42 Å². The van der Waals surface area contributed by atoms with Gasteiger partial charge in [-0.3, -0.25) is 4.72 Å². The first-order valence-corrected chi connectivity index (χ1v) is 7.58. The lowest BCUT2D eigenvalue weighted by Gasteiger charge is -2.10. The lowest BCUT2D eigenvalue weighted by molar-refractivity contribution is 0.601. The third-order valence-electron chi connectivity index (χ3n) is 2.26. The molecule has 0 saturated heterocycles. The fraction of sp³-hybridized carbons (Fsp3) is 0.0909. The lowest BCUT2D eigenvalue weighted by atomic mass is 10.5. The first-order valence-electron chi connectivity index (χ1n) is 5.30. The van der Waals surface area contributed by atoms with Gasteiger partial charge in [-0.2, -0.15) is 0 Å². The summed E-state index contributed by atoms with van der Waals surface area (Å²) in [6.07, 6.45) is 3.03. The molecule has 0 aliphatic heterocycles. The Morgan fingerprint density at radius 2 is 2.00 bits per heavy atom. The summed E-state index contributed by atoms with van der Waals surface area (Å²) >= 11 is 3.23. The SMILES string of the molecule is CNc1ncccc1S(=O)(=O)Nc1ccc(Br)cn1. The molecule has 2 N–H and O–H groups in total. The minimum Gasteiger partial charge on any atom is -0.372 e. The van der Waals surface area contributed by atoms with Gasteiger partial charge >= 0.3 is 0 Å². The molecule has 0 spiro atoms. The van der Waals surface area contributed by atoms with E-state index in [9.17, 15) is 8.42 Å². The molecule has 0 aliphatic carbocycles. The van der Waals surface area contributed by atoms with E-state index in [1.165, 1.54) is 18.5 Å². The lowest BCUT2D eigenvalue weighted by Crippen LogP contribution is -2.16. The van der Waals surface area contributed by atoms with Gasteiger partial charge in [0, 0.05) is 23.9 Å². The highest BCUT2D eigenvalue weighted by molar-refractivity contribution is 9.10. The van der Waals surface area contributed by atoms with Gasteiger partial charge in [0.25, 0.3) is 10.0 Å². The number of hydrogen-bond donors (Lipinski definition) is 2. The average Bonchev–Trinajstić information content (AvgIpc) is 2.41. The summed E-state index contributed by atoms with van der Waals surface area (Å²) in [7, 11) is -2.11. The second-order valence-corrected chi connectivity index (χ2v) is 6.13. The van der Waals surface area contributed by atoms with E-state index in [0.29, 0.717) is 0 Å². The van der Waals surface area contributed by atoms with Crippen LogP contribution < -0.4 is 10.0 Å². The van der Waals surface area contributed by atoms with E-state index < -0.39 is 10.0 Å². The summed E-state index contributed by atoms with van der Waals surface area (Å²) in [6.45, 7) is 0. The Bertz CT molecular complexity index is 673. The van der Waals surface area contributed by atoms with Crippen molar-refractivity contribution >= 4 is 37.6 Å². The van der Waals surface area contributed by atoms with Gasteiger partial charge in [0.05, 0.1) is 0 Å². The molecule has 0 unspecified atom stereocenters. The van der Waals surface area contributed by atoms with E-state index in [2.05, 4.69) is 35.9 Å². The number of anilines is 2. The van der Waals surface area contributed by atoms with Crippen molar-refractivity contribution in [2.45, 2.75) is 4.90 Å². The third kappa shape index (κ3) is 3.21. The summed E-state index contributed by atoms with van der Waals surface area (Å²) in [5.74, 6) is 0.529. The standard InChI is InChI=1S/C11H11BrN4O2S/c1-13-11-9(3-2-6-14-11)19(17,18)16-10-5-4-8(12)7-15-10/h2-7H,1H3,(H,13,14)(H,15,16). The van der Waals surface area contributed by atoms with Gasteiger partial charge in [-0.15, -0.1) is 0 Å². The van der Waals surface area contributed by atoms with Crippen molar-refractivity contribution in [2.24, 2.45) is 0 Å². The van der Waals surface area contributed by atoms with Gasteiger partial charge in [0.2, 0.25) is 0 Å². The Balaban J connectivity index is 2.35. The molecule has 2 aromatic heterocycles. The van der Waals surface area contributed by atoms with Crippen molar-refractivity contribution in [2.75, 3.05) is 17.1 Å². The molecule has 100 valence electrons. The molecule has 2 rings (SSSR count). The fourth-order valence-corrected chi connectivity index (χ4v) is 2.83. The first-order chi connectivity index (χ1) is 9.03. The van der Waals surface area contributed by atoms with Crippen LogP contribution in [0, 0.1) is 0 Å². The largest absolute Gasteiger partial charge is 0.372 e. The van der Waals surface area contributed by atoms with Gasteiger partial charge in [-0.1, -0.05) is 0 Å². The van der Waals surface area contributed by atoms with E-state index in [-0.39, 0.29) is 16.5 Å². The van der Waals surface area contributed by atoms with E-state index >= 15 is 0 Å². The Hall–Kier alpha value is -1.67. The molecule has 6 nitrogen and oxygen atoms in total. The molecule has 8 heteroatoms. The highest BCUT2D eigenvalue weighted by atomic mass is 79.9. The summed E-state index contributed by atoms with van der Waals surface area (Å²) < 4.78 is 27.6. The minimum absolute atomic E-state index is 0.0715. The van der Waals surface area contributed by atoms with Crippen molar-refractivity contribution in [3.8, 4) is 0 Å². The van der Waals surface area contributed by atoms with Crippen LogP contribution in [0.1, 0.15) is 0 Å². The van der Waals surface area contributed by atoms with Crippen molar-refractivity contribution in [1.82, 2.24) is 9.97 Å². The van der Waals surface area contributed by atoms with Crippen molar-refractivity contribution in [1.29, 1.82) is 0 Å². The van der Waals surface area contributed by atoms with Crippen LogP contribution in [-0.2, 0) is 10.0 Å². The number of aromatic nitrogens is 2. The molecule has 19 heavy (non-hydrogen) atoms. The molecule has 0 aliphatic rings. The molecular weight excluding hydrogens is 332 g/mol. The Morgan fingerprint density at radius 3 is 2.63 bits per heavy atom. The normalized spacial score (nSPS) is 11.1. The molecule has 0 bridgehead atoms. The van der Waals surface area contributed by atoms with Crippen LogP contribution in [0.25, 0.3) is 0 Å². The summed E-state index contributed by atoms with van der Waals surface area (Å²) in [5, 5.41) is 2.74. The number of nitrogens with one attached hydrogen (secondary N) is 2. The number of nitrogens with zero attached hydrogens (tertiary/aromatic N) is 2. The van der Waals surface area contributed by atoms with E-state index in [4.69, 9.17) is 0 Å². The van der Waals surface area contributed by atoms with Gasteiger partial charge in [-0.25, -0.2) is 18.4 Å². The predicted octanol–water partition coefficient (Wildman–Crippen LogP) is 2.08. The highest BCUT2D eigenvalue weighted by Gasteiger charge is 2.19. The summed E-state index contributed by atoms with van der Waals surface area (Å²) in [4.78, 5) is 8.00. The molecule has 0 radical (unpaired) electrons. The zero-order valence-electron chi connectivity index (χ0n) is 9.96. The van der Waals surface area contributed by atoms with E-state index in [1.807, 2.05) is 0 Å². The Morgan fingerprint density at radius 1 is 1.21 bits per heavy atom. The van der Waals surface area contributed by atoms with Crippen LogP contribution in [0.3, 0.4) is 0 Å². The van der Waals surface area contributed by atoms with Gasteiger partial charge in [0.1, 0.15) is 16.5 Å². The summed E-state index contributed by atoms with van der Waals surface area (Å²) in [6, 6.07) is 6.30. The van der Waals surface area contributed by atoms with Crippen LogP contribution in [0.4, 0.5) is 11.6 Å². The second kappa shape index (κ2) is 5.54. The van der Waals surface area contributed by atoms with Crippen LogP contribution in [0.15, 0.2) is 46.0 Å². The zero-order valence-corrected chi connectivity index (χ0v) is 12.4. The molecule has 0 fully saturated rings. The number of halogens is 1. The van der Waals surface area contributed by atoms with Gasteiger partial charge in [-0.05, 0) is 40.2 Å². The van der Waals surface area contributed by atoms with Crippen molar-refractivity contribution in [3.63, 3.8) is 0 Å². The number of hydrogen-bond acceptors (Lipinski definition) is 5. The maximum atomic E-state index is 12.2. The third-order valence-corrected chi connectivity index (χ3v) is 4.12. The van der Waals surface area contributed by atoms with Gasteiger partial charge in [0.15, 0.2) is 0 Å². The smallest absolute Gasteiger partial charge is 0.266 e. The van der Waals surface area contributed by atoms with Crippen LogP contribution in [0.2, 0.25) is 0 Å². The van der Waals surface area contributed by atoms with Crippen molar-refractivity contribution in [3.05, 3.63) is 41.1 Å². The molecule has 0 amide bonds. The van der Waals surface area contributed by atoms with E-state index in [0.717, 1.165) is 4.47 Å². The number of pyridine rings is 2. The van der Waals surface area contributed by atoms with Crippen LogP contribution in [0.5, 0.6) is 0 Å². The predicted molar refractivity (Wildman–Crippen MR) is 76.5 cm³/mol. The van der Waals surface area contributed by atoms with Crippen LogP contribution in [-0.4, -0.2) is 25.4 Å². The van der Waals surface area contributed by atoms with Gasteiger partial charge < -0.3 is 5.32 Å². The quantitative estimate of drug-likeness (QED) is 0.888. The second-order valence-electron chi connectivity index (χ2n) is 3.57. The Kier molecular flexibility index (Phi) is 4.01. The zero-order chi connectivity index (χ0) is 13.9. The molecule has 2 heterocycles. The maximum absolute atomic E-state index is 12.2. The molecule has 0 atom stereocenters. The molecule has 2 aromatic rings. The Labute approximate surface area is 119 Å². The average molecular weight is 343 g/mol. The molecule has 0 aromatic carbocycles. The highest BCUT2D eigenvalue weighted by Crippen LogP contribution is 2.20. The first kappa shape index (κ1) is 13.8.